The van der Waals surface area contributed by atoms with Crippen LogP contribution in [0.15, 0.2) is 24.3 Å². The molecule has 3 heteroatoms. The van der Waals surface area contributed by atoms with Crippen LogP contribution in [0.4, 0.5) is 5.69 Å². The quantitative estimate of drug-likeness (QED) is 0.895. The molecule has 0 heterocycles. The van der Waals surface area contributed by atoms with E-state index in [0.717, 1.165) is 18.2 Å². The molecule has 0 amide bonds. The van der Waals surface area contributed by atoms with Gasteiger partial charge in [-0.05, 0) is 30.9 Å². The molecule has 0 radical (unpaired) electrons. The summed E-state index contributed by atoms with van der Waals surface area (Å²) in [4.78, 5) is 2.39. The summed E-state index contributed by atoms with van der Waals surface area (Å²) in [5, 5.41) is 0. The van der Waals surface area contributed by atoms with Crippen LogP contribution in [-0.2, 0) is 0 Å². The number of ether oxygens (including phenoxy) is 1. The third-order valence-electron chi connectivity index (χ3n) is 5.03. The maximum Gasteiger partial charge on any atom is 0.120 e. The van der Waals surface area contributed by atoms with E-state index in [2.05, 4.69) is 37.1 Å². The van der Waals surface area contributed by atoms with Crippen LogP contribution >= 0.6 is 0 Å². The smallest absolute Gasteiger partial charge is 0.120 e. The first-order chi connectivity index (χ1) is 9.65. The lowest BCUT2D eigenvalue weighted by Gasteiger charge is -2.47. The highest BCUT2D eigenvalue weighted by molar-refractivity contribution is 5.52. The first-order valence-electron chi connectivity index (χ1n) is 7.73. The number of likely N-dealkylation sites (N-methyl/N-ethyl adjacent to an activating group) is 1. The molecule has 1 fully saturated rings. The van der Waals surface area contributed by atoms with E-state index in [9.17, 15) is 0 Å². The molecule has 20 heavy (non-hydrogen) atoms. The monoisotopic (exact) mass is 276 g/mol. The zero-order valence-electron chi connectivity index (χ0n) is 13.1. The van der Waals surface area contributed by atoms with Crippen molar-refractivity contribution in [3.63, 3.8) is 0 Å². The van der Waals surface area contributed by atoms with Crippen LogP contribution in [0.3, 0.4) is 0 Å². The van der Waals surface area contributed by atoms with Crippen LogP contribution < -0.4 is 15.4 Å². The second-order valence-corrected chi connectivity index (χ2v) is 6.06. The summed E-state index contributed by atoms with van der Waals surface area (Å²) in [7, 11) is 3.89. The fourth-order valence-corrected chi connectivity index (χ4v) is 3.53. The van der Waals surface area contributed by atoms with Gasteiger partial charge in [0.2, 0.25) is 0 Å². The van der Waals surface area contributed by atoms with Crippen LogP contribution in [0.1, 0.15) is 39.0 Å². The zero-order valence-corrected chi connectivity index (χ0v) is 13.1. The number of anilines is 1. The number of hydrogen-bond donors (Lipinski definition) is 1. The van der Waals surface area contributed by atoms with E-state index in [4.69, 9.17) is 10.5 Å². The van der Waals surface area contributed by atoms with E-state index < -0.39 is 0 Å². The van der Waals surface area contributed by atoms with Crippen molar-refractivity contribution in [3.05, 3.63) is 24.3 Å². The molecule has 1 aromatic carbocycles. The van der Waals surface area contributed by atoms with Gasteiger partial charge in [-0.15, -0.1) is 0 Å². The van der Waals surface area contributed by atoms with Crippen molar-refractivity contribution in [3.8, 4) is 5.75 Å². The van der Waals surface area contributed by atoms with Crippen molar-refractivity contribution < 1.29 is 4.74 Å². The Morgan fingerprint density at radius 2 is 2.25 bits per heavy atom. The van der Waals surface area contributed by atoms with Crippen molar-refractivity contribution in [1.29, 1.82) is 0 Å². The van der Waals surface area contributed by atoms with Gasteiger partial charge in [0.15, 0.2) is 0 Å². The molecule has 2 N–H and O–H groups in total. The standard InChI is InChI=1S/C17H28N2O/c1-4-14-7-6-10-17(12-14,13-18)19(2)15-8-5-9-16(11-15)20-3/h5,8-9,11,14H,4,6-7,10,12-13,18H2,1-3H3. The van der Waals surface area contributed by atoms with Crippen molar-refractivity contribution >= 4 is 5.69 Å². The molecule has 2 rings (SSSR count). The van der Waals surface area contributed by atoms with Crippen LogP contribution in [-0.4, -0.2) is 26.2 Å². The second-order valence-electron chi connectivity index (χ2n) is 6.06. The summed E-state index contributed by atoms with van der Waals surface area (Å²) in [5.41, 5.74) is 7.49. The first kappa shape index (κ1) is 15.2. The summed E-state index contributed by atoms with van der Waals surface area (Å²) in [6.45, 7) is 3.01. The van der Waals surface area contributed by atoms with E-state index in [0.29, 0.717) is 0 Å². The topological polar surface area (TPSA) is 38.5 Å². The maximum absolute atomic E-state index is 6.19. The highest BCUT2D eigenvalue weighted by Gasteiger charge is 2.38. The Labute approximate surface area is 123 Å². The van der Waals surface area contributed by atoms with Crippen LogP contribution in [0, 0.1) is 5.92 Å². The number of nitrogens with two attached hydrogens (primary N) is 1. The molecule has 0 aromatic heterocycles. The van der Waals surface area contributed by atoms with Crippen LogP contribution in [0.25, 0.3) is 0 Å². The number of nitrogens with zero attached hydrogens (tertiary/aromatic N) is 1. The molecule has 112 valence electrons. The summed E-state index contributed by atoms with van der Waals surface area (Å²) < 4.78 is 5.34. The van der Waals surface area contributed by atoms with Gasteiger partial charge in [0.25, 0.3) is 0 Å². The lowest BCUT2D eigenvalue weighted by molar-refractivity contribution is 0.218. The average Bonchev–Trinajstić information content (AvgIpc) is 2.54. The normalized spacial score (nSPS) is 26.3. The highest BCUT2D eigenvalue weighted by atomic mass is 16.5. The highest BCUT2D eigenvalue weighted by Crippen LogP contribution is 2.39. The molecule has 0 spiro atoms. The van der Waals surface area contributed by atoms with Gasteiger partial charge in [-0.1, -0.05) is 32.3 Å². The summed E-state index contributed by atoms with van der Waals surface area (Å²) in [6, 6.07) is 8.29. The number of hydrogen-bond acceptors (Lipinski definition) is 3. The number of rotatable bonds is 5. The molecule has 1 aromatic rings. The molecule has 2 unspecified atom stereocenters. The van der Waals surface area contributed by atoms with Crippen LogP contribution in [0.2, 0.25) is 0 Å². The summed E-state index contributed by atoms with van der Waals surface area (Å²) >= 11 is 0. The van der Waals surface area contributed by atoms with Crippen molar-refractivity contribution in [2.24, 2.45) is 11.7 Å². The van der Waals surface area contributed by atoms with Gasteiger partial charge >= 0.3 is 0 Å². The molecule has 0 saturated heterocycles. The Morgan fingerprint density at radius 3 is 2.90 bits per heavy atom. The summed E-state index contributed by atoms with van der Waals surface area (Å²) in [6.07, 6.45) is 6.28. The van der Waals surface area contributed by atoms with E-state index in [1.165, 1.54) is 37.8 Å². The molecule has 3 nitrogen and oxygen atoms in total. The number of methoxy groups -OCH3 is 1. The minimum atomic E-state index is 0.102. The molecule has 1 aliphatic carbocycles. The van der Waals surface area contributed by atoms with Gasteiger partial charge in [-0.25, -0.2) is 0 Å². The first-order valence-corrected chi connectivity index (χ1v) is 7.73. The van der Waals surface area contributed by atoms with E-state index in [1.54, 1.807) is 7.11 Å². The Kier molecular flexibility index (Phi) is 4.92. The lowest BCUT2D eigenvalue weighted by Crippen LogP contribution is -2.55. The van der Waals surface area contributed by atoms with Gasteiger partial charge in [-0.3, -0.25) is 0 Å². The van der Waals surface area contributed by atoms with E-state index in [1.807, 2.05) is 6.07 Å². The van der Waals surface area contributed by atoms with E-state index in [-0.39, 0.29) is 5.54 Å². The van der Waals surface area contributed by atoms with Crippen molar-refractivity contribution in [2.45, 2.75) is 44.6 Å². The van der Waals surface area contributed by atoms with Gasteiger partial charge in [0.1, 0.15) is 5.75 Å². The third-order valence-corrected chi connectivity index (χ3v) is 5.03. The molecule has 1 aliphatic rings. The van der Waals surface area contributed by atoms with Crippen molar-refractivity contribution in [1.82, 2.24) is 0 Å². The molecule has 0 aliphatic heterocycles. The van der Waals surface area contributed by atoms with Gasteiger partial charge in [0.05, 0.1) is 12.6 Å². The van der Waals surface area contributed by atoms with Gasteiger partial charge in [-0.2, -0.15) is 0 Å². The Morgan fingerprint density at radius 1 is 1.45 bits per heavy atom. The molecular formula is C17H28N2O. The minimum Gasteiger partial charge on any atom is -0.497 e. The fourth-order valence-electron chi connectivity index (χ4n) is 3.53. The predicted molar refractivity (Wildman–Crippen MR) is 85.4 cm³/mol. The SMILES string of the molecule is CCC1CCCC(CN)(N(C)c2cccc(OC)c2)C1. The fraction of sp³-hybridized carbons (Fsp3) is 0.647. The zero-order chi connectivity index (χ0) is 14.6. The Balaban J connectivity index is 2.25. The minimum absolute atomic E-state index is 0.102. The second kappa shape index (κ2) is 6.49. The van der Waals surface area contributed by atoms with Crippen molar-refractivity contribution in [2.75, 3.05) is 25.6 Å². The lowest BCUT2D eigenvalue weighted by atomic mass is 9.73. The molecular weight excluding hydrogens is 248 g/mol. The number of benzene rings is 1. The molecule has 1 saturated carbocycles. The maximum atomic E-state index is 6.19. The molecule has 2 atom stereocenters. The largest absolute Gasteiger partial charge is 0.497 e. The summed E-state index contributed by atoms with van der Waals surface area (Å²) in [5.74, 6) is 1.71. The van der Waals surface area contributed by atoms with Crippen LogP contribution in [0.5, 0.6) is 5.75 Å². The Hall–Kier alpha value is -1.22. The third kappa shape index (κ3) is 2.93. The van der Waals surface area contributed by atoms with Gasteiger partial charge in [0, 0.05) is 25.3 Å². The predicted octanol–water partition coefficient (Wildman–Crippen LogP) is 3.43. The Bertz CT molecular complexity index is 435. The average molecular weight is 276 g/mol. The molecule has 0 bridgehead atoms. The van der Waals surface area contributed by atoms with Gasteiger partial charge < -0.3 is 15.4 Å². The van der Waals surface area contributed by atoms with E-state index >= 15 is 0 Å².